The number of nitrogens with one attached hydrogen (secondary N) is 2. The molecule has 1 saturated carbocycles. The Balaban J connectivity index is 1.27. The van der Waals surface area contributed by atoms with Crippen LogP contribution in [0.25, 0.3) is 5.65 Å². The number of aliphatic imine (C=N–C) groups is 1. The second-order valence-electron chi connectivity index (χ2n) is 7.83. The molecule has 3 atom stereocenters. The second kappa shape index (κ2) is 6.87. The normalized spacial score (nSPS) is 27.2. The molecular weight excluding hydrogens is 328 g/mol. The Kier molecular flexibility index (Phi) is 4.56. The van der Waals surface area contributed by atoms with Crippen molar-refractivity contribution in [2.24, 2.45) is 16.3 Å². The van der Waals surface area contributed by atoms with Gasteiger partial charge in [-0.05, 0) is 25.0 Å². The molecule has 7 nitrogen and oxygen atoms in total. The van der Waals surface area contributed by atoms with E-state index in [1.165, 1.54) is 0 Å². The summed E-state index contributed by atoms with van der Waals surface area (Å²) < 4.78 is 7.92. The van der Waals surface area contributed by atoms with Crippen molar-refractivity contribution in [2.75, 3.05) is 20.2 Å². The van der Waals surface area contributed by atoms with Crippen molar-refractivity contribution < 1.29 is 4.74 Å². The summed E-state index contributed by atoms with van der Waals surface area (Å²) in [4.78, 5) is 4.39. The first-order valence-electron chi connectivity index (χ1n) is 9.48. The number of hydrogen-bond donors (Lipinski definition) is 2. The van der Waals surface area contributed by atoms with E-state index in [0.29, 0.717) is 18.1 Å². The smallest absolute Gasteiger partial charge is 0.191 e. The van der Waals surface area contributed by atoms with Crippen LogP contribution in [-0.4, -0.2) is 52.9 Å². The fourth-order valence-electron chi connectivity index (χ4n) is 4.47. The van der Waals surface area contributed by atoms with Gasteiger partial charge in [0.15, 0.2) is 11.6 Å². The van der Waals surface area contributed by atoms with Crippen LogP contribution in [0, 0.1) is 11.3 Å². The number of ether oxygens (including phenoxy) is 1. The predicted molar refractivity (Wildman–Crippen MR) is 101 cm³/mol. The first-order chi connectivity index (χ1) is 12.6. The van der Waals surface area contributed by atoms with E-state index in [0.717, 1.165) is 49.8 Å². The Morgan fingerprint density at radius 1 is 1.38 bits per heavy atom. The lowest BCUT2D eigenvalue weighted by atomic mass is 9.57. The molecule has 2 fully saturated rings. The number of aromatic nitrogens is 3. The van der Waals surface area contributed by atoms with Gasteiger partial charge in [-0.2, -0.15) is 0 Å². The van der Waals surface area contributed by atoms with Gasteiger partial charge < -0.3 is 15.4 Å². The molecule has 1 aliphatic carbocycles. The minimum Gasteiger partial charge on any atom is -0.377 e. The van der Waals surface area contributed by atoms with Gasteiger partial charge in [-0.15, -0.1) is 10.2 Å². The molecule has 2 N–H and O–H groups in total. The van der Waals surface area contributed by atoms with Gasteiger partial charge in [0.05, 0.1) is 6.10 Å². The zero-order chi connectivity index (χ0) is 18.1. The summed E-state index contributed by atoms with van der Waals surface area (Å²) in [5, 5.41) is 15.5. The van der Waals surface area contributed by atoms with Gasteiger partial charge in [0.2, 0.25) is 0 Å². The molecule has 140 valence electrons. The standard InChI is InChI=1S/C19H28N6O/c1-19(2)16(13-9-12-26-17(13)19)22-18(20-3)21-10-6-8-15-24-23-14-7-4-5-11-25(14)15/h4-5,7,11,13,16-17H,6,8-10,12H2,1-3H3,(H2,20,21,22). The summed E-state index contributed by atoms with van der Waals surface area (Å²) in [6, 6.07) is 6.37. The maximum absolute atomic E-state index is 5.87. The van der Waals surface area contributed by atoms with E-state index in [-0.39, 0.29) is 5.41 Å². The zero-order valence-electron chi connectivity index (χ0n) is 15.8. The van der Waals surface area contributed by atoms with Crippen molar-refractivity contribution in [3.05, 3.63) is 30.2 Å². The molecule has 0 aromatic carbocycles. The van der Waals surface area contributed by atoms with Crippen LogP contribution in [0.5, 0.6) is 0 Å². The van der Waals surface area contributed by atoms with Gasteiger partial charge >= 0.3 is 0 Å². The first-order valence-corrected chi connectivity index (χ1v) is 9.48. The third kappa shape index (κ3) is 2.94. The molecule has 2 aromatic rings. The second-order valence-corrected chi connectivity index (χ2v) is 7.83. The molecule has 0 amide bonds. The summed E-state index contributed by atoms with van der Waals surface area (Å²) in [5.41, 5.74) is 1.05. The van der Waals surface area contributed by atoms with Crippen molar-refractivity contribution in [1.82, 2.24) is 25.2 Å². The largest absolute Gasteiger partial charge is 0.377 e. The SMILES string of the molecule is CN=C(NCCCc1nnc2ccccn12)NC1C2CCOC2C1(C)C. The zero-order valence-corrected chi connectivity index (χ0v) is 15.8. The Hall–Kier alpha value is -2.15. The Morgan fingerprint density at radius 2 is 2.27 bits per heavy atom. The highest BCUT2D eigenvalue weighted by Gasteiger charge is 2.59. The predicted octanol–water partition coefficient (Wildman–Crippen LogP) is 1.64. The fourth-order valence-corrected chi connectivity index (χ4v) is 4.47. The minimum absolute atomic E-state index is 0.152. The highest BCUT2D eigenvalue weighted by atomic mass is 16.5. The van der Waals surface area contributed by atoms with E-state index in [2.05, 4.69) is 39.7 Å². The van der Waals surface area contributed by atoms with Crippen LogP contribution in [0.1, 0.15) is 32.5 Å². The third-order valence-corrected chi connectivity index (χ3v) is 5.87. The van der Waals surface area contributed by atoms with Crippen LogP contribution in [-0.2, 0) is 11.2 Å². The number of aryl methyl sites for hydroxylation is 1. The van der Waals surface area contributed by atoms with Gasteiger partial charge in [-0.3, -0.25) is 9.39 Å². The molecule has 3 unspecified atom stereocenters. The number of pyridine rings is 1. The average Bonchev–Trinajstić information content (AvgIpc) is 3.27. The van der Waals surface area contributed by atoms with E-state index in [9.17, 15) is 0 Å². The molecule has 0 spiro atoms. The highest BCUT2D eigenvalue weighted by molar-refractivity contribution is 5.80. The van der Waals surface area contributed by atoms with Crippen molar-refractivity contribution in [3.63, 3.8) is 0 Å². The van der Waals surface area contributed by atoms with Crippen LogP contribution in [0.3, 0.4) is 0 Å². The van der Waals surface area contributed by atoms with E-state index < -0.39 is 0 Å². The molecule has 3 heterocycles. The van der Waals surface area contributed by atoms with Gasteiger partial charge in [-0.25, -0.2) is 0 Å². The Bertz CT molecular complexity index is 798. The lowest BCUT2D eigenvalue weighted by Gasteiger charge is -2.54. The average molecular weight is 356 g/mol. The number of rotatable bonds is 5. The molecule has 4 rings (SSSR count). The van der Waals surface area contributed by atoms with Gasteiger partial charge in [-0.1, -0.05) is 19.9 Å². The maximum Gasteiger partial charge on any atom is 0.191 e. The lowest BCUT2D eigenvalue weighted by Crippen LogP contribution is -2.67. The summed E-state index contributed by atoms with van der Waals surface area (Å²) >= 11 is 0. The molecule has 0 bridgehead atoms. The van der Waals surface area contributed by atoms with Crippen molar-refractivity contribution in [3.8, 4) is 0 Å². The number of hydrogen-bond acceptors (Lipinski definition) is 4. The molecule has 0 radical (unpaired) electrons. The molecular formula is C19H28N6O. The van der Waals surface area contributed by atoms with E-state index in [1.54, 1.807) is 0 Å². The van der Waals surface area contributed by atoms with Gasteiger partial charge in [0.25, 0.3) is 0 Å². The molecule has 2 aliphatic rings. The Labute approximate surface area is 154 Å². The van der Waals surface area contributed by atoms with Crippen molar-refractivity contribution >= 4 is 11.6 Å². The maximum atomic E-state index is 5.87. The van der Waals surface area contributed by atoms with Gasteiger partial charge in [0.1, 0.15) is 5.82 Å². The topological polar surface area (TPSA) is 75.8 Å². The fraction of sp³-hybridized carbons (Fsp3) is 0.632. The monoisotopic (exact) mass is 356 g/mol. The van der Waals surface area contributed by atoms with E-state index >= 15 is 0 Å². The summed E-state index contributed by atoms with van der Waals surface area (Å²) in [7, 11) is 1.83. The summed E-state index contributed by atoms with van der Waals surface area (Å²) in [6.07, 6.45) is 5.39. The lowest BCUT2D eigenvalue weighted by molar-refractivity contribution is -0.106. The Morgan fingerprint density at radius 3 is 3.12 bits per heavy atom. The van der Waals surface area contributed by atoms with Gasteiger partial charge in [0, 0.05) is 50.2 Å². The highest BCUT2D eigenvalue weighted by Crippen LogP contribution is 2.52. The summed E-state index contributed by atoms with van der Waals surface area (Å²) in [5.74, 6) is 2.47. The molecule has 7 heteroatoms. The van der Waals surface area contributed by atoms with Crippen LogP contribution in [0.4, 0.5) is 0 Å². The van der Waals surface area contributed by atoms with Crippen LogP contribution < -0.4 is 10.6 Å². The van der Waals surface area contributed by atoms with E-state index in [1.807, 2.05) is 35.8 Å². The first kappa shape index (κ1) is 17.3. The van der Waals surface area contributed by atoms with E-state index in [4.69, 9.17) is 4.74 Å². The quantitative estimate of drug-likeness (QED) is 0.484. The van der Waals surface area contributed by atoms with Crippen LogP contribution >= 0.6 is 0 Å². The van der Waals surface area contributed by atoms with Crippen molar-refractivity contribution in [1.29, 1.82) is 0 Å². The number of guanidine groups is 1. The number of nitrogens with zero attached hydrogens (tertiary/aromatic N) is 4. The molecule has 1 aliphatic heterocycles. The third-order valence-electron chi connectivity index (χ3n) is 5.87. The minimum atomic E-state index is 0.152. The van der Waals surface area contributed by atoms with Crippen LogP contribution in [0.15, 0.2) is 29.4 Å². The molecule has 2 aromatic heterocycles. The summed E-state index contributed by atoms with van der Waals surface area (Å²) in [6.45, 7) is 6.29. The van der Waals surface area contributed by atoms with Crippen molar-refractivity contribution in [2.45, 2.75) is 45.3 Å². The molecule has 26 heavy (non-hydrogen) atoms. The van der Waals surface area contributed by atoms with Crippen LogP contribution in [0.2, 0.25) is 0 Å². The number of fused-ring (bicyclic) bond motifs is 2. The molecule has 1 saturated heterocycles.